The molecule has 70 valence electrons. The maximum atomic E-state index is 11.4. The molecule has 1 aliphatic rings. The van der Waals surface area contributed by atoms with Gasteiger partial charge in [0.25, 0.3) is 0 Å². The maximum absolute atomic E-state index is 11.4. The number of ether oxygens (including phenoxy) is 1. The molecule has 1 aromatic rings. The molecule has 0 N–H and O–H groups in total. The molecule has 1 aromatic heterocycles. The summed E-state index contributed by atoms with van der Waals surface area (Å²) < 4.78 is 4.76. The van der Waals surface area contributed by atoms with Gasteiger partial charge in [0.15, 0.2) is 0 Å². The molecular weight excluding hydrogens is 186 g/mol. The van der Waals surface area contributed by atoms with E-state index >= 15 is 0 Å². The summed E-state index contributed by atoms with van der Waals surface area (Å²) in [6, 6.07) is 0. The van der Waals surface area contributed by atoms with Crippen LogP contribution in [0.25, 0.3) is 0 Å². The quantitative estimate of drug-likeness (QED) is 0.644. The zero-order valence-electron chi connectivity index (χ0n) is 7.45. The molecule has 1 heterocycles. The summed E-state index contributed by atoms with van der Waals surface area (Å²) in [5.41, 5.74) is 2.90. The summed E-state index contributed by atoms with van der Waals surface area (Å²) in [5.74, 6) is -0.175. The lowest BCUT2D eigenvalue weighted by Gasteiger charge is -2.18. The molecular formula is C9H11NO2S. The summed E-state index contributed by atoms with van der Waals surface area (Å²) in [5, 5.41) is 0. The summed E-state index contributed by atoms with van der Waals surface area (Å²) in [7, 11) is 1.44. The fraction of sp³-hybridized carbons (Fsp3) is 0.556. The van der Waals surface area contributed by atoms with E-state index in [2.05, 4.69) is 4.98 Å². The van der Waals surface area contributed by atoms with Crippen molar-refractivity contribution in [3.63, 3.8) is 0 Å². The Morgan fingerprint density at radius 2 is 2.62 bits per heavy atom. The van der Waals surface area contributed by atoms with E-state index in [1.807, 2.05) is 5.51 Å². The highest BCUT2D eigenvalue weighted by molar-refractivity contribution is 7.10. The Bertz CT molecular complexity index is 321. The highest BCUT2D eigenvalue weighted by atomic mass is 32.1. The summed E-state index contributed by atoms with van der Waals surface area (Å²) in [6.45, 7) is 0. The summed E-state index contributed by atoms with van der Waals surface area (Å²) in [6.07, 6.45) is 2.95. The molecule has 4 heteroatoms. The third-order valence-electron chi connectivity index (χ3n) is 2.38. The van der Waals surface area contributed by atoms with E-state index in [4.69, 9.17) is 4.74 Å². The molecule has 1 aliphatic carbocycles. The average Bonchev–Trinajstić information content (AvgIpc) is 2.63. The van der Waals surface area contributed by atoms with E-state index in [0.29, 0.717) is 0 Å². The first-order chi connectivity index (χ1) is 6.33. The van der Waals surface area contributed by atoms with Gasteiger partial charge in [-0.05, 0) is 19.3 Å². The Hall–Kier alpha value is -0.900. The van der Waals surface area contributed by atoms with E-state index in [1.165, 1.54) is 7.11 Å². The molecule has 0 fully saturated rings. The number of hydrogen-bond acceptors (Lipinski definition) is 4. The first-order valence-electron chi connectivity index (χ1n) is 4.33. The number of hydrogen-bond donors (Lipinski definition) is 0. The molecule has 0 aliphatic heterocycles. The van der Waals surface area contributed by atoms with Gasteiger partial charge in [-0.3, -0.25) is 4.79 Å². The lowest BCUT2D eigenvalue weighted by atomic mass is 9.92. The number of esters is 1. The monoisotopic (exact) mass is 197 g/mol. The van der Waals surface area contributed by atoms with Crippen LogP contribution < -0.4 is 0 Å². The summed E-state index contributed by atoms with van der Waals surface area (Å²) in [4.78, 5) is 16.7. The number of fused-ring (bicyclic) bond motifs is 1. The molecule has 0 saturated heterocycles. The van der Waals surface area contributed by atoms with Crippen molar-refractivity contribution >= 4 is 17.3 Å². The predicted molar refractivity (Wildman–Crippen MR) is 49.8 cm³/mol. The second-order valence-electron chi connectivity index (χ2n) is 3.13. The van der Waals surface area contributed by atoms with Crippen LogP contribution in [0.5, 0.6) is 0 Å². The van der Waals surface area contributed by atoms with E-state index < -0.39 is 0 Å². The molecule has 0 unspecified atom stereocenters. The van der Waals surface area contributed by atoms with E-state index in [9.17, 15) is 4.79 Å². The molecule has 0 spiro atoms. The minimum atomic E-state index is -0.120. The van der Waals surface area contributed by atoms with Gasteiger partial charge in [0.2, 0.25) is 0 Å². The Labute approximate surface area is 80.8 Å². The molecule has 2 rings (SSSR count). The minimum absolute atomic E-state index is 0.0544. The molecule has 0 amide bonds. The second-order valence-corrected chi connectivity index (χ2v) is 4.02. The fourth-order valence-electron chi connectivity index (χ4n) is 1.72. The van der Waals surface area contributed by atoms with Crippen molar-refractivity contribution in [2.45, 2.75) is 25.2 Å². The van der Waals surface area contributed by atoms with Gasteiger partial charge < -0.3 is 4.74 Å². The Kier molecular flexibility index (Phi) is 2.31. The van der Waals surface area contributed by atoms with Crippen molar-refractivity contribution in [1.29, 1.82) is 0 Å². The van der Waals surface area contributed by atoms with Crippen molar-refractivity contribution in [1.82, 2.24) is 4.98 Å². The smallest absolute Gasteiger partial charge is 0.314 e. The predicted octanol–water partition coefficient (Wildman–Crippen LogP) is 1.74. The van der Waals surface area contributed by atoms with Crippen LogP contribution >= 0.6 is 11.3 Å². The molecule has 0 saturated carbocycles. The van der Waals surface area contributed by atoms with Crippen LogP contribution in [0.4, 0.5) is 0 Å². The SMILES string of the molecule is COC(=O)[C@H]1CCCc2ncsc21. The number of rotatable bonds is 1. The van der Waals surface area contributed by atoms with Crippen LogP contribution in [0.3, 0.4) is 0 Å². The van der Waals surface area contributed by atoms with Crippen LogP contribution in [-0.2, 0) is 16.0 Å². The molecule has 0 bridgehead atoms. The van der Waals surface area contributed by atoms with E-state index in [-0.39, 0.29) is 11.9 Å². The highest BCUT2D eigenvalue weighted by Crippen LogP contribution is 2.34. The van der Waals surface area contributed by atoms with Crippen molar-refractivity contribution in [2.75, 3.05) is 7.11 Å². The van der Waals surface area contributed by atoms with Gasteiger partial charge in [-0.2, -0.15) is 0 Å². The number of aryl methyl sites for hydroxylation is 1. The average molecular weight is 197 g/mol. The van der Waals surface area contributed by atoms with E-state index in [1.54, 1.807) is 11.3 Å². The Balaban J connectivity index is 2.30. The van der Waals surface area contributed by atoms with Crippen LogP contribution in [0.1, 0.15) is 29.3 Å². The van der Waals surface area contributed by atoms with Gasteiger partial charge >= 0.3 is 5.97 Å². The summed E-state index contributed by atoms with van der Waals surface area (Å²) >= 11 is 1.57. The van der Waals surface area contributed by atoms with Crippen LogP contribution in [-0.4, -0.2) is 18.1 Å². The zero-order valence-corrected chi connectivity index (χ0v) is 8.26. The number of aromatic nitrogens is 1. The molecule has 0 radical (unpaired) electrons. The number of carbonyl (C=O) groups is 1. The van der Waals surface area contributed by atoms with Crippen molar-refractivity contribution in [2.24, 2.45) is 0 Å². The first-order valence-corrected chi connectivity index (χ1v) is 5.21. The van der Waals surface area contributed by atoms with Crippen molar-refractivity contribution in [3.05, 3.63) is 16.1 Å². The van der Waals surface area contributed by atoms with Gasteiger partial charge in [-0.1, -0.05) is 0 Å². The zero-order chi connectivity index (χ0) is 9.26. The number of methoxy groups -OCH3 is 1. The van der Waals surface area contributed by atoms with E-state index in [0.717, 1.165) is 29.8 Å². The normalized spacial score (nSPS) is 20.8. The van der Waals surface area contributed by atoms with Crippen LogP contribution in [0.2, 0.25) is 0 Å². The van der Waals surface area contributed by atoms with Crippen LogP contribution in [0, 0.1) is 0 Å². The van der Waals surface area contributed by atoms with Gasteiger partial charge in [-0.15, -0.1) is 11.3 Å². The topological polar surface area (TPSA) is 39.2 Å². The van der Waals surface area contributed by atoms with Gasteiger partial charge in [0.05, 0.1) is 24.2 Å². The minimum Gasteiger partial charge on any atom is -0.469 e. The molecule has 3 nitrogen and oxygen atoms in total. The number of nitrogens with zero attached hydrogens (tertiary/aromatic N) is 1. The van der Waals surface area contributed by atoms with Crippen molar-refractivity contribution in [3.8, 4) is 0 Å². The highest BCUT2D eigenvalue weighted by Gasteiger charge is 2.29. The fourth-order valence-corrected chi connectivity index (χ4v) is 2.68. The van der Waals surface area contributed by atoms with Gasteiger partial charge in [0.1, 0.15) is 0 Å². The first kappa shape index (κ1) is 8.69. The van der Waals surface area contributed by atoms with Gasteiger partial charge in [0, 0.05) is 4.88 Å². The largest absolute Gasteiger partial charge is 0.469 e. The standard InChI is InChI=1S/C9H11NO2S/c1-12-9(11)6-3-2-4-7-8(6)13-5-10-7/h5-6H,2-4H2,1H3/t6-/m0/s1. The van der Waals surface area contributed by atoms with Gasteiger partial charge in [-0.25, -0.2) is 4.98 Å². The molecule has 13 heavy (non-hydrogen) atoms. The third-order valence-corrected chi connectivity index (χ3v) is 3.37. The third kappa shape index (κ3) is 1.46. The number of thiazole rings is 1. The maximum Gasteiger partial charge on any atom is 0.314 e. The lowest BCUT2D eigenvalue weighted by Crippen LogP contribution is -2.18. The van der Waals surface area contributed by atoms with Crippen LogP contribution in [0.15, 0.2) is 5.51 Å². The lowest BCUT2D eigenvalue weighted by molar-refractivity contribution is -0.142. The Morgan fingerprint density at radius 1 is 1.77 bits per heavy atom. The second kappa shape index (κ2) is 3.46. The number of carbonyl (C=O) groups excluding carboxylic acids is 1. The molecule has 1 atom stereocenters. The molecule has 0 aromatic carbocycles. The van der Waals surface area contributed by atoms with Crippen molar-refractivity contribution < 1.29 is 9.53 Å². The Morgan fingerprint density at radius 3 is 3.38 bits per heavy atom.